The molecule has 0 aliphatic rings. The van der Waals surface area contributed by atoms with Crippen molar-refractivity contribution < 1.29 is 5.11 Å². The summed E-state index contributed by atoms with van der Waals surface area (Å²) in [4.78, 5) is 4.84. The number of hydrogen-bond acceptors (Lipinski definition) is 3. The maximum Gasteiger partial charge on any atom is 0.0720 e. The first-order valence-corrected chi connectivity index (χ1v) is 8.91. The van der Waals surface area contributed by atoms with Crippen LogP contribution in [0.3, 0.4) is 0 Å². The zero-order chi connectivity index (χ0) is 17.8. The minimum atomic E-state index is -0.446. The van der Waals surface area contributed by atoms with Crippen molar-refractivity contribution in [2.45, 2.75) is 39.3 Å². The molecule has 25 heavy (non-hydrogen) atoms. The first-order chi connectivity index (χ1) is 12.1. The van der Waals surface area contributed by atoms with Crippen LogP contribution in [-0.4, -0.2) is 28.8 Å². The van der Waals surface area contributed by atoms with Gasteiger partial charge in [-0.05, 0) is 29.7 Å². The molecule has 0 fully saturated rings. The lowest BCUT2D eigenvalue weighted by Gasteiger charge is -2.18. The molecule has 0 aliphatic carbocycles. The molecule has 3 nitrogen and oxygen atoms in total. The van der Waals surface area contributed by atoms with Gasteiger partial charge in [0.15, 0.2) is 0 Å². The van der Waals surface area contributed by atoms with Gasteiger partial charge < -0.3 is 10.4 Å². The Bertz CT molecular complexity index is 843. The summed E-state index contributed by atoms with van der Waals surface area (Å²) in [6, 6.07) is 19.0. The molecule has 3 aromatic rings. The van der Waals surface area contributed by atoms with Crippen molar-refractivity contribution in [3.05, 3.63) is 65.9 Å². The summed E-state index contributed by atoms with van der Waals surface area (Å²) in [6.07, 6.45) is 0.106. The van der Waals surface area contributed by atoms with Crippen molar-refractivity contribution >= 4 is 10.9 Å². The Morgan fingerprint density at radius 2 is 1.68 bits per heavy atom. The molecule has 3 heteroatoms. The Hall–Kier alpha value is -2.23. The highest BCUT2D eigenvalue weighted by Gasteiger charge is 2.16. The monoisotopic (exact) mass is 334 g/mol. The number of nitrogens with one attached hydrogen (secondary N) is 1. The fourth-order valence-electron chi connectivity index (χ4n) is 3.20. The summed E-state index contributed by atoms with van der Waals surface area (Å²) >= 11 is 0. The van der Waals surface area contributed by atoms with Gasteiger partial charge in [0.1, 0.15) is 0 Å². The predicted molar refractivity (Wildman–Crippen MR) is 105 cm³/mol. The highest BCUT2D eigenvalue weighted by Crippen LogP contribution is 2.32. The SMILES string of the molecule is Cc1c(C[C@@H](O)CNC(C)C)nc2ccccc2c1-c1ccccc1. The van der Waals surface area contributed by atoms with E-state index in [1.807, 2.05) is 18.2 Å². The third kappa shape index (κ3) is 4.06. The van der Waals surface area contributed by atoms with E-state index in [1.54, 1.807) is 0 Å². The first-order valence-electron chi connectivity index (χ1n) is 8.91. The van der Waals surface area contributed by atoms with Gasteiger partial charge in [0.25, 0.3) is 0 Å². The molecule has 0 amide bonds. The summed E-state index contributed by atoms with van der Waals surface area (Å²) in [6.45, 7) is 6.85. The van der Waals surface area contributed by atoms with Gasteiger partial charge in [0.2, 0.25) is 0 Å². The van der Waals surface area contributed by atoms with Gasteiger partial charge in [-0.15, -0.1) is 0 Å². The van der Waals surface area contributed by atoms with Crippen molar-refractivity contribution in [2.75, 3.05) is 6.54 Å². The van der Waals surface area contributed by atoms with Crippen LogP contribution in [0.5, 0.6) is 0 Å². The normalized spacial score (nSPS) is 12.7. The molecule has 1 heterocycles. The van der Waals surface area contributed by atoms with E-state index in [4.69, 9.17) is 4.98 Å². The highest BCUT2D eigenvalue weighted by atomic mass is 16.3. The molecule has 130 valence electrons. The number of rotatable bonds is 6. The Kier molecular flexibility index (Phi) is 5.47. The number of hydrogen-bond donors (Lipinski definition) is 2. The Balaban J connectivity index is 2.04. The third-order valence-corrected chi connectivity index (χ3v) is 4.49. The summed E-state index contributed by atoms with van der Waals surface area (Å²) in [5.74, 6) is 0. The number of aliphatic hydroxyl groups is 1. The Morgan fingerprint density at radius 1 is 1.00 bits per heavy atom. The average molecular weight is 334 g/mol. The number of nitrogens with zero attached hydrogens (tertiary/aromatic N) is 1. The van der Waals surface area contributed by atoms with Crippen molar-refractivity contribution in [1.82, 2.24) is 10.3 Å². The minimum Gasteiger partial charge on any atom is -0.391 e. The summed E-state index contributed by atoms with van der Waals surface area (Å²) in [7, 11) is 0. The predicted octanol–water partition coefficient (Wildman–Crippen LogP) is 4.11. The van der Waals surface area contributed by atoms with Crippen molar-refractivity contribution in [2.24, 2.45) is 0 Å². The van der Waals surface area contributed by atoms with Crippen LogP contribution in [0.2, 0.25) is 0 Å². The molecule has 0 saturated heterocycles. The second-order valence-corrected chi connectivity index (χ2v) is 6.86. The molecule has 0 saturated carbocycles. The number of para-hydroxylation sites is 1. The molecule has 2 aromatic carbocycles. The van der Waals surface area contributed by atoms with Gasteiger partial charge in [0, 0.05) is 30.1 Å². The van der Waals surface area contributed by atoms with E-state index >= 15 is 0 Å². The quantitative estimate of drug-likeness (QED) is 0.713. The van der Waals surface area contributed by atoms with Crippen molar-refractivity contribution in [3.63, 3.8) is 0 Å². The van der Waals surface area contributed by atoms with Crippen LogP contribution in [-0.2, 0) is 6.42 Å². The number of fused-ring (bicyclic) bond motifs is 1. The van der Waals surface area contributed by atoms with E-state index in [2.05, 4.69) is 62.5 Å². The van der Waals surface area contributed by atoms with E-state index < -0.39 is 6.10 Å². The van der Waals surface area contributed by atoms with Crippen LogP contribution in [0.25, 0.3) is 22.0 Å². The topological polar surface area (TPSA) is 45.1 Å². The molecular weight excluding hydrogens is 308 g/mol. The van der Waals surface area contributed by atoms with Gasteiger partial charge in [-0.3, -0.25) is 4.98 Å². The summed E-state index contributed by atoms with van der Waals surface area (Å²) < 4.78 is 0. The van der Waals surface area contributed by atoms with Crippen LogP contribution in [0, 0.1) is 6.92 Å². The van der Waals surface area contributed by atoms with E-state index in [9.17, 15) is 5.11 Å². The lowest BCUT2D eigenvalue weighted by molar-refractivity contribution is 0.167. The van der Waals surface area contributed by atoms with E-state index in [0.29, 0.717) is 19.0 Å². The Morgan fingerprint density at radius 3 is 2.40 bits per heavy atom. The Labute approximate surface area is 149 Å². The second-order valence-electron chi connectivity index (χ2n) is 6.86. The first kappa shape index (κ1) is 17.6. The largest absolute Gasteiger partial charge is 0.391 e. The van der Waals surface area contributed by atoms with E-state index in [1.165, 1.54) is 11.1 Å². The molecule has 2 N–H and O–H groups in total. The fraction of sp³-hybridized carbons (Fsp3) is 0.318. The molecule has 0 radical (unpaired) electrons. The van der Waals surface area contributed by atoms with Crippen LogP contribution >= 0.6 is 0 Å². The molecule has 0 bridgehead atoms. The standard InChI is InChI=1S/C22H26N2O/c1-15(2)23-14-18(25)13-21-16(3)22(17-9-5-4-6-10-17)19-11-7-8-12-20(19)24-21/h4-12,15,18,23,25H,13-14H2,1-3H3/t18-/m1/s1. The third-order valence-electron chi connectivity index (χ3n) is 4.49. The van der Waals surface area contributed by atoms with Crippen LogP contribution in [0.1, 0.15) is 25.1 Å². The molecule has 3 rings (SSSR count). The van der Waals surface area contributed by atoms with E-state index in [-0.39, 0.29) is 0 Å². The zero-order valence-corrected chi connectivity index (χ0v) is 15.2. The fourth-order valence-corrected chi connectivity index (χ4v) is 3.20. The summed E-state index contributed by atoms with van der Waals surface area (Å²) in [5.41, 5.74) is 5.50. The van der Waals surface area contributed by atoms with Crippen molar-refractivity contribution in [3.8, 4) is 11.1 Å². The van der Waals surface area contributed by atoms with Crippen LogP contribution < -0.4 is 5.32 Å². The average Bonchev–Trinajstić information content (AvgIpc) is 2.61. The van der Waals surface area contributed by atoms with Crippen LogP contribution in [0.4, 0.5) is 0 Å². The molecule has 0 unspecified atom stereocenters. The smallest absolute Gasteiger partial charge is 0.0720 e. The lowest BCUT2D eigenvalue weighted by Crippen LogP contribution is -2.33. The minimum absolute atomic E-state index is 0.361. The van der Waals surface area contributed by atoms with Gasteiger partial charge in [-0.25, -0.2) is 0 Å². The van der Waals surface area contributed by atoms with Gasteiger partial charge in [0.05, 0.1) is 11.6 Å². The lowest BCUT2D eigenvalue weighted by atomic mass is 9.93. The van der Waals surface area contributed by atoms with Crippen LogP contribution in [0.15, 0.2) is 54.6 Å². The zero-order valence-electron chi connectivity index (χ0n) is 15.2. The van der Waals surface area contributed by atoms with Gasteiger partial charge in [-0.2, -0.15) is 0 Å². The molecule has 0 spiro atoms. The maximum atomic E-state index is 10.4. The van der Waals surface area contributed by atoms with E-state index in [0.717, 1.165) is 22.2 Å². The van der Waals surface area contributed by atoms with Gasteiger partial charge in [-0.1, -0.05) is 62.4 Å². The molecule has 1 aromatic heterocycles. The molecule has 1 atom stereocenters. The molecular formula is C22H26N2O. The second kappa shape index (κ2) is 7.77. The number of benzene rings is 2. The summed E-state index contributed by atoms with van der Waals surface area (Å²) in [5, 5.41) is 14.9. The number of aliphatic hydroxyl groups excluding tert-OH is 1. The van der Waals surface area contributed by atoms with Gasteiger partial charge >= 0.3 is 0 Å². The molecule has 0 aliphatic heterocycles. The number of aromatic nitrogens is 1. The maximum absolute atomic E-state index is 10.4. The van der Waals surface area contributed by atoms with Crippen molar-refractivity contribution in [1.29, 1.82) is 0 Å². The highest BCUT2D eigenvalue weighted by molar-refractivity contribution is 5.96. The number of pyridine rings is 1.